The Labute approximate surface area is 206 Å². The van der Waals surface area contributed by atoms with E-state index in [4.69, 9.17) is 14.3 Å². The molecule has 5 rings (SSSR count). The average Bonchev–Trinajstić information content (AvgIpc) is 3.65. The van der Waals surface area contributed by atoms with Crippen LogP contribution in [0.2, 0.25) is 0 Å². The molecule has 0 N–H and O–H groups in total. The van der Waals surface area contributed by atoms with Crippen molar-refractivity contribution < 1.29 is 13.9 Å². The van der Waals surface area contributed by atoms with Crippen LogP contribution in [0, 0.1) is 0 Å². The highest BCUT2D eigenvalue weighted by molar-refractivity contribution is 7.13. The summed E-state index contributed by atoms with van der Waals surface area (Å²) >= 11 is 1.50. The van der Waals surface area contributed by atoms with Crippen molar-refractivity contribution in [1.82, 2.24) is 20.0 Å². The van der Waals surface area contributed by atoms with E-state index in [0.29, 0.717) is 12.4 Å². The third kappa shape index (κ3) is 5.44. The molecule has 0 aliphatic carbocycles. The molecule has 0 aliphatic rings. The van der Waals surface area contributed by atoms with Crippen LogP contribution in [0.5, 0.6) is 0 Å². The van der Waals surface area contributed by atoms with Crippen molar-refractivity contribution >= 4 is 23.4 Å². The molecule has 0 fully saturated rings. The van der Waals surface area contributed by atoms with Gasteiger partial charge in [-0.1, -0.05) is 66.7 Å². The summed E-state index contributed by atoms with van der Waals surface area (Å²) in [5, 5.41) is 14.8. The lowest BCUT2D eigenvalue weighted by molar-refractivity contribution is -0.143. The zero-order chi connectivity index (χ0) is 24.0. The Morgan fingerprint density at radius 1 is 1.06 bits per heavy atom. The van der Waals surface area contributed by atoms with Crippen molar-refractivity contribution in [3.05, 3.63) is 107 Å². The monoisotopic (exact) mass is 482 g/mol. The zero-order valence-corrected chi connectivity index (χ0v) is 19.8. The molecule has 7 nitrogen and oxygen atoms in total. The first-order valence-electron chi connectivity index (χ1n) is 11.1. The highest BCUT2D eigenvalue weighted by atomic mass is 32.1. The molecule has 0 spiro atoms. The average molecular weight is 483 g/mol. The second-order valence-electron chi connectivity index (χ2n) is 7.82. The molecule has 0 amide bonds. The van der Waals surface area contributed by atoms with Crippen molar-refractivity contribution in [1.29, 1.82) is 0 Å². The molecule has 0 saturated carbocycles. The van der Waals surface area contributed by atoms with Crippen molar-refractivity contribution in [2.75, 3.05) is 0 Å². The van der Waals surface area contributed by atoms with E-state index >= 15 is 0 Å². The molecule has 1 unspecified atom stereocenters. The summed E-state index contributed by atoms with van der Waals surface area (Å²) in [6, 6.07) is 23.8. The number of carbonyl (C=O) groups is 1. The van der Waals surface area contributed by atoms with E-state index in [1.807, 2.05) is 76.9 Å². The lowest BCUT2D eigenvalue weighted by Gasteiger charge is -2.06. The number of hydrogen-bond acceptors (Lipinski definition) is 7. The third-order valence-corrected chi connectivity index (χ3v) is 6.09. The standard InChI is InChI=1S/C27H22N4O3S/c1-19(26-28-29-27(34-26)23-13-8-16-35-23)33-24(32)15-14-22-18-31(17-20-9-4-2-5-10-20)30-25(22)21-11-6-3-7-12-21/h2-16,18-19H,17H2,1H3/b15-14+. The van der Waals surface area contributed by atoms with Gasteiger partial charge in [-0.15, -0.1) is 21.5 Å². The van der Waals surface area contributed by atoms with Crippen LogP contribution in [0.1, 0.15) is 30.0 Å². The lowest BCUT2D eigenvalue weighted by Crippen LogP contribution is -2.06. The Hall–Kier alpha value is -4.30. The Morgan fingerprint density at radius 3 is 2.57 bits per heavy atom. The maximum atomic E-state index is 12.6. The third-order valence-electron chi connectivity index (χ3n) is 5.24. The van der Waals surface area contributed by atoms with Crippen LogP contribution in [0.25, 0.3) is 28.1 Å². The van der Waals surface area contributed by atoms with Crippen LogP contribution >= 0.6 is 11.3 Å². The quantitative estimate of drug-likeness (QED) is 0.198. The van der Waals surface area contributed by atoms with E-state index in [-0.39, 0.29) is 5.89 Å². The topological polar surface area (TPSA) is 83.0 Å². The summed E-state index contributed by atoms with van der Waals surface area (Å²) in [5.41, 5.74) is 3.71. The van der Waals surface area contributed by atoms with Crippen LogP contribution in [0.3, 0.4) is 0 Å². The van der Waals surface area contributed by atoms with E-state index in [2.05, 4.69) is 22.3 Å². The minimum atomic E-state index is -0.678. The molecule has 3 heterocycles. The van der Waals surface area contributed by atoms with Crippen LogP contribution in [0.15, 0.2) is 94.9 Å². The molecular weight excluding hydrogens is 460 g/mol. The second-order valence-corrected chi connectivity index (χ2v) is 8.77. The summed E-state index contributed by atoms with van der Waals surface area (Å²) in [4.78, 5) is 13.4. The van der Waals surface area contributed by atoms with Gasteiger partial charge in [0.05, 0.1) is 17.1 Å². The molecule has 0 bridgehead atoms. The summed E-state index contributed by atoms with van der Waals surface area (Å²) in [5.74, 6) is 0.144. The summed E-state index contributed by atoms with van der Waals surface area (Å²) in [6.45, 7) is 2.32. The predicted molar refractivity (Wildman–Crippen MR) is 134 cm³/mol. The minimum absolute atomic E-state index is 0.246. The SMILES string of the molecule is CC(OC(=O)/C=C/c1cn(Cc2ccccc2)nc1-c1ccccc1)c1nnc(-c2cccs2)o1. The fourth-order valence-corrected chi connectivity index (χ4v) is 4.20. The predicted octanol–water partition coefficient (Wildman–Crippen LogP) is 6.03. The number of esters is 1. The Morgan fingerprint density at radius 2 is 1.83 bits per heavy atom. The summed E-state index contributed by atoms with van der Waals surface area (Å²) in [7, 11) is 0. The van der Waals surface area contributed by atoms with Gasteiger partial charge in [0, 0.05) is 23.4 Å². The molecule has 0 radical (unpaired) electrons. The van der Waals surface area contributed by atoms with Crippen molar-refractivity contribution in [2.24, 2.45) is 0 Å². The molecule has 3 aromatic heterocycles. The highest BCUT2D eigenvalue weighted by Crippen LogP contribution is 2.26. The number of aromatic nitrogens is 4. The molecule has 8 heteroatoms. The maximum absolute atomic E-state index is 12.6. The molecule has 0 saturated heterocycles. The van der Waals surface area contributed by atoms with Gasteiger partial charge in [-0.3, -0.25) is 4.68 Å². The molecule has 0 aliphatic heterocycles. The van der Waals surface area contributed by atoms with E-state index in [1.165, 1.54) is 17.4 Å². The number of hydrogen-bond donors (Lipinski definition) is 0. The first-order chi connectivity index (χ1) is 17.2. The zero-order valence-electron chi connectivity index (χ0n) is 18.9. The van der Waals surface area contributed by atoms with E-state index in [0.717, 1.165) is 27.3 Å². The molecule has 1 atom stereocenters. The Kier molecular flexibility index (Phi) is 6.63. The fraction of sp³-hybridized carbons (Fsp3) is 0.111. The van der Waals surface area contributed by atoms with Crippen LogP contribution in [-0.4, -0.2) is 25.9 Å². The smallest absolute Gasteiger partial charge is 0.331 e. The van der Waals surface area contributed by atoms with Crippen LogP contribution < -0.4 is 0 Å². The van der Waals surface area contributed by atoms with Crippen LogP contribution in [-0.2, 0) is 16.1 Å². The normalized spacial score (nSPS) is 12.1. The summed E-state index contributed by atoms with van der Waals surface area (Å²) in [6.07, 6.45) is 4.36. The van der Waals surface area contributed by atoms with Gasteiger partial charge in [0.25, 0.3) is 11.8 Å². The Balaban J connectivity index is 1.32. The Bertz CT molecular complexity index is 1420. The van der Waals surface area contributed by atoms with Gasteiger partial charge in [-0.2, -0.15) is 5.10 Å². The molecule has 2 aromatic carbocycles. The number of nitrogens with zero attached hydrogens (tertiary/aromatic N) is 4. The van der Waals surface area contributed by atoms with Gasteiger partial charge in [0.1, 0.15) is 0 Å². The van der Waals surface area contributed by atoms with E-state index < -0.39 is 12.1 Å². The van der Waals surface area contributed by atoms with Gasteiger partial charge in [-0.25, -0.2) is 4.79 Å². The van der Waals surface area contributed by atoms with Gasteiger partial charge < -0.3 is 9.15 Å². The van der Waals surface area contributed by atoms with Gasteiger partial charge >= 0.3 is 5.97 Å². The van der Waals surface area contributed by atoms with E-state index in [9.17, 15) is 4.79 Å². The summed E-state index contributed by atoms with van der Waals surface area (Å²) < 4.78 is 13.0. The lowest BCUT2D eigenvalue weighted by atomic mass is 10.1. The molecule has 174 valence electrons. The van der Waals surface area contributed by atoms with Crippen molar-refractivity contribution in [3.8, 4) is 22.0 Å². The van der Waals surface area contributed by atoms with E-state index in [1.54, 1.807) is 13.0 Å². The fourth-order valence-electron chi connectivity index (χ4n) is 3.55. The number of carbonyl (C=O) groups excluding carboxylic acids is 1. The first-order valence-corrected chi connectivity index (χ1v) is 12.0. The molecule has 35 heavy (non-hydrogen) atoms. The van der Waals surface area contributed by atoms with Gasteiger partial charge in [-0.05, 0) is 30.0 Å². The molecular formula is C27H22N4O3S. The largest absolute Gasteiger partial charge is 0.449 e. The second kappa shape index (κ2) is 10.3. The van der Waals surface area contributed by atoms with Crippen molar-refractivity contribution in [2.45, 2.75) is 19.6 Å². The van der Waals surface area contributed by atoms with Gasteiger partial charge in [0.15, 0.2) is 6.10 Å². The molecule has 5 aromatic rings. The van der Waals surface area contributed by atoms with Crippen molar-refractivity contribution in [3.63, 3.8) is 0 Å². The number of ether oxygens (including phenoxy) is 1. The number of rotatable bonds is 8. The first kappa shape index (κ1) is 22.5. The highest BCUT2D eigenvalue weighted by Gasteiger charge is 2.19. The number of thiophene rings is 1. The van der Waals surface area contributed by atoms with Gasteiger partial charge in [0.2, 0.25) is 0 Å². The number of benzene rings is 2. The minimum Gasteiger partial charge on any atom is -0.449 e. The van der Waals surface area contributed by atoms with Crippen LogP contribution in [0.4, 0.5) is 0 Å². The maximum Gasteiger partial charge on any atom is 0.331 e.